The van der Waals surface area contributed by atoms with E-state index in [-0.39, 0.29) is 37.5 Å². The zero-order chi connectivity index (χ0) is 43.6. The molecule has 2 unspecified atom stereocenters. The van der Waals surface area contributed by atoms with Crippen molar-refractivity contribution in [3.05, 3.63) is 82.9 Å². The van der Waals surface area contributed by atoms with Crippen molar-refractivity contribution in [1.82, 2.24) is 10.6 Å². The third-order valence-corrected chi connectivity index (χ3v) is 8.60. The molecule has 0 heterocycles. The Bertz CT molecular complexity index is 1720. The molecule has 0 aliphatic rings. The number of alkyl carbamates (subject to hydrolysis) is 1. The first kappa shape index (κ1) is 50.2. The van der Waals surface area contributed by atoms with E-state index in [9.17, 15) is 24.0 Å². The van der Waals surface area contributed by atoms with Gasteiger partial charge in [0.15, 0.2) is 6.10 Å². The van der Waals surface area contributed by atoms with Crippen LogP contribution in [0.4, 0.5) is 4.79 Å². The van der Waals surface area contributed by atoms with E-state index in [0.29, 0.717) is 16.3 Å². The summed E-state index contributed by atoms with van der Waals surface area (Å²) < 4.78 is 25.4. The average molecular weight is 889 g/mol. The van der Waals surface area contributed by atoms with E-state index in [4.69, 9.17) is 70.1 Å². The lowest BCUT2D eigenvalue weighted by atomic mass is 9.99. The molecular formula is C42H54Cl4N2O10. The van der Waals surface area contributed by atoms with Crippen LogP contribution in [0.3, 0.4) is 0 Å². The van der Waals surface area contributed by atoms with Crippen LogP contribution in [0.15, 0.2) is 66.8 Å². The molecule has 0 aliphatic heterocycles. The van der Waals surface area contributed by atoms with Crippen LogP contribution in [0, 0.1) is 11.8 Å². The average Bonchev–Trinajstić information content (AvgIpc) is 3.10. The number of rotatable bonds is 20. The van der Waals surface area contributed by atoms with Crippen LogP contribution in [0.5, 0.6) is 5.75 Å². The van der Waals surface area contributed by atoms with Crippen molar-refractivity contribution in [2.75, 3.05) is 13.7 Å². The summed E-state index contributed by atoms with van der Waals surface area (Å²) in [5, 5.41) is 5.51. The third kappa shape index (κ3) is 20.6. The number of carbonyl (C=O) groups excluding carboxylic acids is 5. The zero-order valence-electron chi connectivity index (χ0n) is 34.0. The van der Waals surface area contributed by atoms with E-state index in [2.05, 4.69) is 10.6 Å². The molecule has 0 aromatic heterocycles. The molecule has 0 aliphatic carbocycles. The van der Waals surface area contributed by atoms with Crippen LogP contribution in [0.2, 0.25) is 5.02 Å². The van der Waals surface area contributed by atoms with E-state index >= 15 is 0 Å². The predicted molar refractivity (Wildman–Crippen MR) is 226 cm³/mol. The molecule has 2 aromatic rings. The molecule has 0 radical (unpaired) electrons. The zero-order valence-corrected chi connectivity index (χ0v) is 37.0. The Morgan fingerprint density at radius 2 is 1.55 bits per heavy atom. The fraction of sp³-hybridized carbons (Fsp3) is 0.500. The number of alkyl halides is 3. The number of halogens is 4. The van der Waals surface area contributed by atoms with Crippen LogP contribution >= 0.6 is 46.4 Å². The molecule has 16 heteroatoms. The maximum Gasteiger partial charge on any atom is 0.407 e. The SMILES string of the molecule is COc1ccc(CC(NC(=O)/C=C/C[C@H](OC(=O)C(CC(C)C)OC(=O)C[C@@H](C)NC(=O)OC(C)(C)C)[C@H](C)/C=C/c2ccccc2)C(=O)OCC(Cl)(Cl)Cl)cc1Cl. The van der Waals surface area contributed by atoms with Gasteiger partial charge in [-0.1, -0.05) is 122 Å². The van der Waals surface area contributed by atoms with Gasteiger partial charge in [-0.15, -0.1) is 0 Å². The molecule has 0 saturated carbocycles. The Morgan fingerprint density at radius 3 is 2.14 bits per heavy atom. The van der Waals surface area contributed by atoms with Crippen LogP contribution in [-0.2, 0) is 44.5 Å². The van der Waals surface area contributed by atoms with E-state index in [1.54, 1.807) is 45.9 Å². The molecular weight excluding hydrogens is 834 g/mol. The Balaban J connectivity index is 2.27. The van der Waals surface area contributed by atoms with Gasteiger partial charge in [-0.05, 0) is 69.4 Å². The Hall–Kier alpha value is -3.97. The van der Waals surface area contributed by atoms with Crippen molar-refractivity contribution in [3.63, 3.8) is 0 Å². The number of amides is 2. The number of hydrogen-bond acceptors (Lipinski definition) is 10. The van der Waals surface area contributed by atoms with E-state index in [1.165, 1.54) is 19.3 Å². The molecule has 2 rings (SSSR count). The summed E-state index contributed by atoms with van der Waals surface area (Å²) in [7, 11) is 1.46. The third-order valence-electron chi connectivity index (χ3n) is 7.98. The van der Waals surface area contributed by atoms with Crippen molar-refractivity contribution < 1.29 is 47.7 Å². The van der Waals surface area contributed by atoms with Gasteiger partial charge in [0.1, 0.15) is 30.1 Å². The highest BCUT2D eigenvalue weighted by Crippen LogP contribution is 2.28. The van der Waals surface area contributed by atoms with Gasteiger partial charge in [0.05, 0.1) is 18.6 Å². The van der Waals surface area contributed by atoms with Gasteiger partial charge in [-0.25, -0.2) is 14.4 Å². The van der Waals surface area contributed by atoms with Gasteiger partial charge in [-0.2, -0.15) is 0 Å². The predicted octanol–water partition coefficient (Wildman–Crippen LogP) is 8.76. The molecule has 12 nitrogen and oxygen atoms in total. The first-order valence-electron chi connectivity index (χ1n) is 18.7. The largest absolute Gasteiger partial charge is 0.495 e. The van der Waals surface area contributed by atoms with Crippen LogP contribution in [0.1, 0.15) is 78.9 Å². The second-order valence-corrected chi connectivity index (χ2v) is 18.0. The van der Waals surface area contributed by atoms with Crippen molar-refractivity contribution in [1.29, 1.82) is 0 Å². The highest BCUT2D eigenvalue weighted by molar-refractivity contribution is 6.67. The van der Waals surface area contributed by atoms with Gasteiger partial charge in [0, 0.05) is 24.8 Å². The van der Waals surface area contributed by atoms with Gasteiger partial charge in [-0.3, -0.25) is 9.59 Å². The van der Waals surface area contributed by atoms with E-state index < -0.39 is 70.2 Å². The number of carbonyl (C=O) groups is 5. The molecule has 58 heavy (non-hydrogen) atoms. The lowest BCUT2D eigenvalue weighted by Gasteiger charge is -2.25. The molecule has 5 atom stereocenters. The second kappa shape index (κ2) is 24.2. The van der Waals surface area contributed by atoms with Crippen LogP contribution in [0.25, 0.3) is 6.08 Å². The van der Waals surface area contributed by atoms with Crippen molar-refractivity contribution in [2.24, 2.45) is 11.8 Å². The van der Waals surface area contributed by atoms with Crippen molar-refractivity contribution in [2.45, 2.75) is 108 Å². The number of ether oxygens (including phenoxy) is 5. The summed E-state index contributed by atoms with van der Waals surface area (Å²) in [5.74, 6) is -3.01. The topological polar surface area (TPSA) is 156 Å². The summed E-state index contributed by atoms with van der Waals surface area (Å²) >= 11 is 23.6. The van der Waals surface area contributed by atoms with Crippen molar-refractivity contribution >= 4 is 82.4 Å². The normalized spacial score (nSPS) is 14.6. The minimum atomic E-state index is -1.88. The van der Waals surface area contributed by atoms with Crippen molar-refractivity contribution in [3.8, 4) is 5.75 Å². The standard InChI is InChI=1S/C42H54Cl4N2O10/c1-26(2)21-35(56-37(50)22-28(4)47-40(53)58-41(5,6)7)39(52)57-33(27(3)17-18-29-13-10-9-11-14-29)15-12-16-36(49)48-32(38(51)55-25-42(44,45)46)24-30-19-20-34(54-8)31(43)23-30/h9-14,16-20,23,26-28,32-33,35H,15,21-22,24-25H2,1-8H3,(H,47,53)(H,48,49)/b16-12+,18-17+/t27-,28-,32?,33+,35?/m1/s1. The molecule has 0 bridgehead atoms. The van der Waals surface area contributed by atoms with E-state index in [1.807, 2.05) is 63.3 Å². The molecule has 0 fully saturated rings. The van der Waals surface area contributed by atoms with Gasteiger partial charge in [0.25, 0.3) is 0 Å². The fourth-order valence-corrected chi connectivity index (χ4v) is 5.68. The molecule has 2 aromatic carbocycles. The number of benzene rings is 2. The van der Waals surface area contributed by atoms with Gasteiger partial charge in [0.2, 0.25) is 9.70 Å². The van der Waals surface area contributed by atoms with E-state index in [0.717, 1.165) is 5.56 Å². The maximum atomic E-state index is 13.7. The monoisotopic (exact) mass is 886 g/mol. The summed E-state index contributed by atoms with van der Waals surface area (Å²) in [5.41, 5.74) is 0.778. The first-order valence-corrected chi connectivity index (χ1v) is 20.2. The minimum Gasteiger partial charge on any atom is -0.495 e. The number of esters is 3. The Morgan fingerprint density at radius 1 is 0.879 bits per heavy atom. The van der Waals surface area contributed by atoms with Gasteiger partial charge >= 0.3 is 24.0 Å². The number of hydrogen-bond donors (Lipinski definition) is 2. The Kier molecular flexibility index (Phi) is 20.9. The second-order valence-electron chi connectivity index (χ2n) is 15.1. The smallest absolute Gasteiger partial charge is 0.407 e. The Labute approximate surface area is 361 Å². The number of nitrogens with one attached hydrogen (secondary N) is 2. The summed E-state index contributed by atoms with van der Waals surface area (Å²) in [6.07, 6.45) is 3.70. The highest BCUT2D eigenvalue weighted by Gasteiger charge is 2.31. The molecule has 0 spiro atoms. The molecule has 2 amide bonds. The quantitative estimate of drug-likeness (QED) is 0.0571. The van der Waals surface area contributed by atoms with Gasteiger partial charge < -0.3 is 34.3 Å². The highest BCUT2D eigenvalue weighted by atomic mass is 35.6. The van der Waals surface area contributed by atoms with Crippen LogP contribution in [-0.4, -0.2) is 77.3 Å². The maximum absolute atomic E-state index is 13.7. The first-order chi connectivity index (χ1) is 27.0. The minimum absolute atomic E-state index is 0.0185. The molecule has 2 N–H and O–H groups in total. The lowest BCUT2D eigenvalue weighted by molar-refractivity contribution is -0.173. The summed E-state index contributed by atoms with van der Waals surface area (Å²) in [4.78, 5) is 65.2. The molecule has 320 valence electrons. The van der Waals surface area contributed by atoms with Crippen LogP contribution < -0.4 is 15.4 Å². The number of methoxy groups -OCH3 is 1. The summed E-state index contributed by atoms with van der Waals surface area (Å²) in [6.45, 7) is 11.8. The molecule has 0 saturated heterocycles. The lowest BCUT2D eigenvalue weighted by Crippen LogP contribution is -2.43. The summed E-state index contributed by atoms with van der Waals surface area (Å²) in [6, 6.07) is 12.5. The fourth-order valence-electron chi connectivity index (χ4n) is 5.23.